The minimum atomic E-state index is 0.709. The van der Waals surface area contributed by atoms with Crippen molar-refractivity contribution in [3.8, 4) is 5.75 Å². The van der Waals surface area contributed by atoms with Crippen molar-refractivity contribution in [1.82, 2.24) is 15.1 Å². The van der Waals surface area contributed by atoms with Crippen molar-refractivity contribution in [3.63, 3.8) is 0 Å². The largest absolute Gasteiger partial charge is 0.494 e. The van der Waals surface area contributed by atoms with Crippen LogP contribution in [0.15, 0.2) is 36.7 Å². The molecule has 0 radical (unpaired) electrons. The molecule has 0 saturated heterocycles. The first-order valence-corrected chi connectivity index (χ1v) is 6.69. The standard InChI is InChI=1S/C15H21N3O/c1-3-19-15-6-4-14(5-7-15)11-16-8-9-18-12-13(2)10-17-18/h4-7,10,12,16H,3,8-9,11H2,1-2H3. The van der Waals surface area contributed by atoms with Crippen LogP contribution in [0.1, 0.15) is 18.1 Å². The fourth-order valence-electron chi connectivity index (χ4n) is 1.89. The molecule has 0 atom stereocenters. The summed E-state index contributed by atoms with van der Waals surface area (Å²) in [5, 5.41) is 7.66. The fourth-order valence-corrected chi connectivity index (χ4v) is 1.89. The zero-order chi connectivity index (χ0) is 13.5. The van der Waals surface area contributed by atoms with E-state index in [4.69, 9.17) is 4.74 Å². The van der Waals surface area contributed by atoms with E-state index in [-0.39, 0.29) is 0 Å². The van der Waals surface area contributed by atoms with Crippen LogP contribution in [-0.2, 0) is 13.1 Å². The summed E-state index contributed by atoms with van der Waals surface area (Å²) in [4.78, 5) is 0. The van der Waals surface area contributed by atoms with Gasteiger partial charge in [-0.1, -0.05) is 12.1 Å². The number of nitrogens with zero attached hydrogens (tertiary/aromatic N) is 2. The van der Waals surface area contributed by atoms with Gasteiger partial charge >= 0.3 is 0 Å². The molecule has 0 saturated carbocycles. The highest BCUT2D eigenvalue weighted by Crippen LogP contribution is 2.11. The van der Waals surface area contributed by atoms with Gasteiger partial charge in [-0.2, -0.15) is 5.10 Å². The lowest BCUT2D eigenvalue weighted by Gasteiger charge is -2.07. The van der Waals surface area contributed by atoms with Crippen LogP contribution in [0.3, 0.4) is 0 Å². The third-order valence-electron chi connectivity index (χ3n) is 2.84. The topological polar surface area (TPSA) is 39.1 Å². The lowest BCUT2D eigenvalue weighted by atomic mass is 10.2. The normalized spacial score (nSPS) is 10.6. The van der Waals surface area contributed by atoms with Crippen molar-refractivity contribution in [2.75, 3.05) is 13.2 Å². The number of nitrogens with one attached hydrogen (secondary N) is 1. The van der Waals surface area contributed by atoms with Crippen LogP contribution < -0.4 is 10.1 Å². The van der Waals surface area contributed by atoms with Gasteiger partial charge in [0.25, 0.3) is 0 Å². The summed E-state index contributed by atoms with van der Waals surface area (Å²) in [7, 11) is 0. The van der Waals surface area contributed by atoms with E-state index in [1.54, 1.807) is 0 Å². The molecule has 0 spiro atoms. The third-order valence-corrected chi connectivity index (χ3v) is 2.84. The number of rotatable bonds is 7. The summed E-state index contributed by atoms with van der Waals surface area (Å²) in [6.07, 6.45) is 3.94. The molecule has 1 aromatic carbocycles. The molecule has 4 nitrogen and oxygen atoms in total. The zero-order valence-electron chi connectivity index (χ0n) is 11.6. The molecule has 1 aromatic heterocycles. The Morgan fingerprint density at radius 3 is 2.68 bits per heavy atom. The predicted octanol–water partition coefficient (Wildman–Crippen LogP) is 2.38. The van der Waals surface area contributed by atoms with Crippen LogP contribution in [0.4, 0.5) is 0 Å². The van der Waals surface area contributed by atoms with Gasteiger partial charge in [0, 0.05) is 19.3 Å². The first kappa shape index (κ1) is 13.6. The Bertz CT molecular complexity index is 490. The average Bonchev–Trinajstić information content (AvgIpc) is 2.83. The number of hydrogen-bond acceptors (Lipinski definition) is 3. The molecule has 0 bridgehead atoms. The van der Waals surface area contributed by atoms with E-state index < -0.39 is 0 Å². The molecule has 102 valence electrons. The maximum atomic E-state index is 5.41. The fraction of sp³-hybridized carbons (Fsp3) is 0.400. The van der Waals surface area contributed by atoms with Crippen LogP contribution in [0, 0.1) is 6.92 Å². The highest BCUT2D eigenvalue weighted by molar-refractivity contribution is 5.27. The molecule has 1 N–H and O–H groups in total. The van der Waals surface area contributed by atoms with Crippen LogP contribution in [-0.4, -0.2) is 22.9 Å². The van der Waals surface area contributed by atoms with E-state index in [1.165, 1.54) is 11.1 Å². The number of aromatic nitrogens is 2. The minimum Gasteiger partial charge on any atom is -0.494 e. The van der Waals surface area contributed by atoms with Crippen molar-refractivity contribution >= 4 is 0 Å². The molecule has 2 rings (SSSR count). The van der Waals surface area contributed by atoms with E-state index in [0.717, 1.165) is 25.4 Å². The highest BCUT2D eigenvalue weighted by Gasteiger charge is 1.96. The van der Waals surface area contributed by atoms with E-state index >= 15 is 0 Å². The van der Waals surface area contributed by atoms with Gasteiger partial charge in [0.1, 0.15) is 5.75 Å². The highest BCUT2D eigenvalue weighted by atomic mass is 16.5. The van der Waals surface area contributed by atoms with Gasteiger partial charge in [0.15, 0.2) is 0 Å². The quantitative estimate of drug-likeness (QED) is 0.776. The van der Waals surface area contributed by atoms with Gasteiger partial charge in [-0.25, -0.2) is 0 Å². The van der Waals surface area contributed by atoms with E-state index in [0.29, 0.717) is 6.61 Å². The lowest BCUT2D eigenvalue weighted by molar-refractivity contribution is 0.340. The second-order valence-corrected chi connectivity index (χ2v) is 4.53. The molecule has 1 heterocycles. The van der Waals surface area contributed by atoms with Crippen molar-refractivity contribution in [2.45, 2.75) is 26.9 Å². The second kappa shape index (κ2) is 6.95. The summed E-state index contributed by atoms with van der Waals surface area (Å²) >= 11 is 0. The van der Waals surface area contributed by atoms with Crippen molar-refractivity contribution in [3.05, 3.63) is 47.8 Å². The van der Waals surface area contributed by atoms with Gasteiger partial charge < -0.3 is 10.1 Å². The maximum Gasteiger partial charge on any atom is 0.119 e. The van der Waals surface area contributed by atoms with E-state index in [9.17, 15) is 0 Å². The average molecular weight is 259 g/mol. The van der Waals surface area contributed by atoms with Crippen molar-refractivity contribution in [1.29, 1.82) is 0 Å². The molecule has 0 fully saturated rings. The summed E-state index contributed by atoms with van der Waals surface area (Å²) in [5.41, 5.74) is 2.46. The summed E-state index contributed by atoms with van der Waals surface area (Å²) in [5.74, 6) is 0.929. The number of aryl methyl sites for hydroxylation is 1. The zero-order valence-corrected chi connectivity index (χ0v) is 11.6. The lowest BCUT2D eigenvalue weighted by Crippen LogP contribution is -2.19. The van der Waals surface area contributed by atoms with Crippen LogP contribution >= 0.6 is 0 Å². The minimum absolute atomic E-state index is 0.709. The Balaban J connectivity index is 1.70. The Kier molecular flexibility index (Phi) is 4.98. The van der Waals surface area contributed by atoms with Gasteiger partial charge in [0.05, 0.1) is 19.3 Å². The van der Waals surface area contributed by atoms with Gasteiger partial charge in [-0.05, 0) is 37.1 Å². The molecule has 0 unspecified atom stereocenters. The molecule has 0 aliphatic carbocycles. The van der Waals surface area contributed by atoms with E-state index in [2.05, 4.69) is 35.7 Å². The smallest absolute Gasteiger partial charge is 0.119 e. The number of benzene rings is 1. The molecule has 2 aromatic rings. The van der Waals surface area contributed by atoms with Gasteiger partial charge in [-0.15, -0.1) is 0 Å². The summed E-state index contributed by atoms with van der Waals surface area (Å²) < 4.78 is 7.37. The SMILES string of the molecule is CCOc1ccc(CNCCn2cc(C)cn2)cc1. The third kappa shape index (κ3) is 4.41. The first-order chi connectivity index (χ1) is 9.28. The van der Waals surface area contributed by atoms with Gasteiger partial charge in [-0.3, -0.25) is 4.68 Å². The molecule has 19 heavy (non-hydrogen) atoms. The molecule has 0 aliphatic heterocycles. The molecular formula is C15H21N3O. The van der Waals surface area contributed by atoms with Gasteiger partial charge in [0.2, 0.25) is 0 Å². The van der Waals surface area contributed by atoms with Crippen molar-refractivity contribution < 1.29 is 4.74 Å². The van der Waals surface area contributed by atoms with Crippen LogP contribution in [0.5, 0.6) is 5.75 Å². The Hall–Kier alpha value is -1.81. The summed E-state index contributed by atoms with van der Waals surface area (Å²) in [6.45, 7) is 7.43. The molecule has 4 heteroatoms. The molecule has 0 amide bonds. The van der Waals surface area contributed by atoms with Crippen LogP contribution in [0.2, 0.25) is 0 Å². The molecule has 0 aliphatic rings. The Labute approximate surface area is 114 Å². The first-order valence-electron chi connectivity index (χ1n) is 6.69. The molecular weight excluding hydrogens is 238 g/mol. The van der Waals surface area contributed by atoms with Crippen molar-refractivity contribution in [2.24, 2.45) is 0 Å². The second-order valence-electron chi connectivity index (χ2n) is 4.53. The Morgan fingerprint density at radius 1 is 1.26 bits per heavy atom. The predicted molar refractivity (Wildman–Crippen MR) is 76.3 cm³/mol. The maximum absolute atomic E-state index is 5.41. The number of hydrogen-bond donors (Lipinski definition) is 1. The Morgan fingerprint density at radius 2 is 2.05 bits per heavy atom. The van der Waals surface area contributed by atoms with E-state index in [1.807, 2.05) is 29.9 Å². The number of ether oxygens (including phenoxy) is 1. The monoisotopic (exact) mass is 259 g/mol. The van der Waals surface area contributed by atoms with Crippen LogP contribution in [0.25, 0.3) is 0 Å². The summed E-state index contributed by atoms with van der Waals surface area (Å²) in [6, 6.07) is 8.21.